The van der Waals surface area contributed by atoms with Crippen LogP contribution in [-0.4, -0.2) is 45.1 Å². The summed E-state index contributed by atoms with van der Waals surface area (Å²) in [7, 11) is 0. The fourth-order valence-electron chi connectivity index (χ4n) is 4.92. The van der Waals surface area contributed by atoms with Crippen molar-refractivity contribution in [1.29, 1.82) is 0 Å². The highest BCUT2D eigenvalue weighted by Gasteiger charge is 2.46. The Bertz CT molecular complexity index is 1520. The minimum absolute atomic E-state index is 0.108. The number of aliphatic hydroxyl groups is 1. The molecule has 8 nitrogen and oxygen atoms in total. The number of hydrogen-bond donors (Lipinski definition) is 3. The van der Waals surface area contributed by atoms with Crippen LogP contribution >= 0.6 is 23.2 Å². The highest BCUT2D eigenvalue weighted by molar-refractivity contribution is 6.35. The van der Waals surface area contributed by atoms with Crippen molar-refractivity contribution < 1.29 is 19.4 Å². The Morgan fingerprint density at radius 1 is 1.05 bits per heavy atom. The number of amides is 3. The minimum Gasteiger partial charge on any atom is -0.491 e. The minimum atomic E-state index is -0.888. The molecule has 3 atom stereocenters. The van der Waals surface area contributed by atoms with Crippen LogP contribution < -0.4 is 10.1 Å². The molecule has 40 heavy (non-hydrogen) atoms. The maximum absolute atomic E-state index is 13.9. The van der Waals surface area contributed by atoms with Gasteiger partial charge in [0.05, 0.1) is 11.6 Å². The van der Waals surface area contributed by atoms with Gasteiger partial charge in [-0.1, -0.05) is 84.7 Å². The van der Waals surface area contributed by atoms with Crippen LogP contribution in [0.4, 0.5) is 4.79 Å². The van der Waals surface area contributed by atoms with Gasteiger partial charge in [0.1, 0.15) is 41.1 Å². The van der Waals surface area contributed by atoms with E-state index in [9.17, 15) is 9.59 Å². The van der Waals surface area contributed by atoms with Crippen LogP contribution in [0.3, 0.4) is 0 Å². The third kappa shape index (κ3) is 5.43. The van der Waals surface area contributed by atoms with Crippen molar-refractivity contribution in [3.05, 3.63) is 105 Å². The molecule has 0 spiro atoms. The highest BCUT2D eigenvalue weighted by Crippen LogP contribution is 2.41. The lowest BCUT2D eigenvalue weighted by molar-refractivity contribution is -0.129. The Morgan fingerprint density at radius 2 is 1.77 bits per heavy atom. The third-order valence-electron chi connectivity index (χ3n) is 6.96. The normalized spacial score (nSPS) is 16.6. The Labute approximate surface area is 241 Å². The number of carbonyl (C=O) groups excluding carboxylic acids is 2. The SMILES string of the molecule is Cc1ccc(-c2nc(C(C(C)c3ccccc3)N3C(=O)N[C@H](c4ccc(OCCO)cc4)C3=O)[nH]c2Cl)c(Cl)c1. The van der Waals surface area contributed by atoms with E-state index in [4.69, 9.17) is 38.0 Å². The number of carbonyl (C=O) groups is 2. The average Bonchev–Trinajstić information content (AvgIpc) is 3.47. The first-order chi connectivity index (χ1) is 19.3. The van der Waals surface area contributed by atoms with Crippen molar-refractivity contribution in [2.45, 2.75) is 31.8 Å². The van der Waals surface area contributed by atoms with Crippen molar-refractivity contribution in [2.75, 3.05) is 13.2 Å². The standard InChI is InChI=1S/C30H28Cl2N4O4/c1-17-8-13-22(23(31)16-17)25-27(32)35-28(33-25)26(18(2)19-6-4-3-5-7-19)36-29(38)24(34-30(36)39)20-9-11-21(12-10-20)40-15-14-37/h3-13,16,18,24,26,37H,14-15H2,1-2H3,(H,33,35)(H,34,39)/t18?,24-,26?/m1/s1. The van der Waals surface area contributed by atoms with Gasteiger partial charge in [0.2, 0.25) is 0 Å². The summed E-state index contributed by atoms with van der Waals surface area (Å²) >= 11 is 13.2. The van der Waals surface area contributed by atoms with Crippen LogP contribution in [0.2, 0.25) is 10.2 Å². The maximum atomic E-state index is 13.9. The molecule has 5 rings (SSSR count). The van der Waals surface area contributed by atoms with Gasteiger partial charge in [-0.2, -0.15) is 0 Å². The monoisotopic (exact) mass is 578 g/mol. The Kier molecular flexibility index (Phi) is 8.12. The van der Waals surface area contributed by atoms with Crippen LogP contribution in [0.1, 0.15) is 47.4 Å². The highest BCUT2D eigenvalue weighted by atomic mass is 35.5. The molecular weight excluding hydrogens is 551 g/mol. The number of imide groups is 1. The van der Waals surface area contributed by atoms with Crippen LogP contribution in [0, 0.1) is 6.92 Å². The number of halogens is 2. The first-order valence-electron chi connectivity index (χ1n) is 12.8. The van der Waals surface area contributed by atoms with Gasteiger partial charge in [-0.3, -0.25) is 9.69 Å². The number of nitrogens with zero attached hydrogens (tertiary/aromatic N) is 2. The van der Waals surface area contributed by atoms with Gasteiger partial charge in [-0.15, -0.1) is 0 Å². The molecule has 3 N–H and O–H groups in total. The summed E-state index contributed by atoms with van der Waals surface area (Å²) in [5, 5.41) is 12.6. The molecule has 10 heteroatoms. The molecule has 1 aliphatic heterocycles. The number of aryl methyl sites for hydroxylation is 1. The molecule has 1 aromatic heterocycles. The molecule has 2 heterocycles. The summed E-state index contributed by atoms with van der Waals surface area (Å²) < 4.78 is 5.42. The predicted molar refractivity (Wildman–Crippen MR) is 154 cm³/mol. The van der Waals surface area contributed by atoms with Crippen LogP contribution in [0.15, 0.2) is 72.8 Å². The fraction of sp³-hybridized carbons (Fsp3) is 0.233. The van der Waals surface area contributed by atoms with Gasteiger partial charge in [-0.25, -0.2) is 9.78 Å². The van der Waals surface area contributed by atoms with Crippen LogP contribution in [0.5, 0.6) is 5.75 Å². The number of aromatic amines is 1. The van der Waals surface area contributed by atoms with Gasteiger partial charge in [-0.05, 0) is 41.8 Å². The number of rotatable bonds is 9. The molecule has 2 unspecified atom stereocenters. The van der Waals surface area contributed by atoms with Gasteiger partial charge < -0.3 is 20.1 Å². The first kappa shape index (κ1) is 27.7. The summed E-state index contributed by atoms with van der Waals surface area (Å²) in [5.74, 6) is 0.177. The van der Waals surface area contributed by atoms with Crippen LogP contribution in [0.25, 0.3) is 11.3 Å². The number of imidazole rings is 1. The van der Waals surface area contributed by atoms with Crippen molar-refractivity contribution in [2.24, 2.45) is 0 Å². The second-order valence-corrected chi connectivity index (χ2v) is 10.4. The smallest absolute Gasteiger partial charge is 0.325 e. The van der Waals surface area contributed by atoms with E-state index >= 15 is 0 Å². The summed E-state index contributed by atoms with van der Waals surface area (Å²) in [6, 6.07) is 19.8. The average molecular weight is 579 g/mol. The number of urea groups is 1. The van der Waals surface area contributed by atoms with E-state index in [0.29, 0.717) is 33.4 Å². The maximum Gasteiger partial charge on any atom is 0.325 e. The molecule has 0 aliphatic carbocycles. The lowest BCUT2D eigenvalue weighted by atomic mass is 9.91. The summed E-state index contributed by atoms with van der Waals surface area (Å²) in [6.45, 7) is 3.93. The first-order valence-corrected chi connectivity index (χ1v) is 13.6. The molecule has 0 bridgehead atoms. The molecule has 4 aromatic rings. The van der Waals surface area contributed by atoms with E-state index in [2.05, 4.69) is 10.3 Å². The van der Waals surface area contributed by atoms with Crippen LogP contribution in [-0.2, 0) is 4.79 Å². The molecule has 1 saturated heterocycles. The number of aromatic nitrogens is 2. The Morgan fingerprint density at radius 3 is 2.45 bits per heavy atom. The molecule has 3 aromatic carbocycles. The van der Waals surface area contributed by atoms with E-state index in [1.54, 1.807) is 24.3 Å². The molecule has 0 saturated carbocycles. The largest absolute Gasteiger partial charge is 0.491 e. The van der Waals surface area contributed by atoms with Crippen molar-refractivity contribution in [3.63, 3.8) is 0 Å². The fourth-order valence-corrected chi connectivity index (χ4v) is 5.49. The van der Waals surface area contributed by atoms with Gasteiger partial charge in [0, 0.05) is 11.5 Å². The Hall–Kier alpha value is -3.85. The number of hydrogen-bond acceptors (Lipinski definition) is 5. The van der Waals surface area contributed by atoms with E-state index < -0.39 is 24.0 Å². The molecule has 1 aliphatic rings. The van der Waals surface area contributed by atoms with Crippen molar-refractivity contribution in [1.82, 2.24) is 20.2 Å². The Balaban J connectivity index is 1.53. The number of nitrogens with one attached hydrogen (secondary N) is 2. The zero-order valence-electron chi connectivity index (χ0n) is 21.9. The molecule has 3 amide bonds. The number of aliphatic hydroxyl groups excluding tert-OH is 1. The van der Waals surface area contributed by atoms with E-state index in [1.165, 1.54) is 4.90 Å². The zero-order valence-corrected chi connectivity index (χ0v) is 23.4. The zero-order chi connectivity index (χ0) is 28.4. The predicted octanol–water partition coefficient (Wildman–Crippen LogP) is 6.20. The van der Waals surface area contributed by atoms with Crippen molar-refractivity contribution >= 4 is 35.1 Å². The molecule has 206 valence electrons. The number of ether oxygens (including phenoxy) is 1. The number of H-pyrrole nitrogens is 1. The molecule has 0 radical (unpaired) electrons. The van der Waals surface area contributed by atoms with E-state index in [-0.39, 0.29) is 24.3 Å². The van der Waals surface area contributed by atoms with Gasteiger partial charge in [0.15, 0.2) is 0 Å². The lowest BCUT2D eigenvalue weighted by Gasteiger charge is -2.29. The second-order valence-electron chi connectivity index (χ2n) is 9.64. The molecular formula is C30H28Cl2N4O4. The van der Waals surface area contributed by atoms with Gasteiger partial charge in [0.25, 0.3) is 5.91 Å². The van der Waals surface area contributed by atoms with Gasteiger partial charge >= 0.3 is 6.03 Å². The van der Waals surface area contributed by atoms with Crippen molar-refractivity contribution in [3.8, 4) is 17.0 Å². The lowest BCUT2D eigenvalue weighted by Crippen LogP contribution is -2.38. The summed E-state index contributed by atoms with van der Waals surface area (Å²) in [6.07, 6.45) is 0. The molecule has 1 fully saturated rings. The number of benzene rings is 3. The van der Waals surface area contributed by atoms with E-state index in [1.807, 2.05) is 62.4 Å². The second kappa shape index (κ2) is 11.7. The summed E-state index contributed by atoms with van der Waals surface area (Å²) in [4.78, 5) is 36.4. The van der Waals surface area contributed by atoms with E-state index in [0.717, 1.165) is 11.1 Å². The quantitative estimate of drug-likeness (QED) is 0.205. The third-order valence-corrected chi connectivity index (χ3v) is 7.55. The summed E-state index contributed by atoms with van der Waals surface area (Å²) in [5.41, 5.74) is 3.60. The topological polar surface area (TPSA) is 108 Å².